The van der Waals surface area contributed by atoms with Crippen LogP contribution >= 0.6 is 11.8 Å². The van der Waals surface area contributed by atoms with Crippen LogP contribution in [0.25, 0.3) is 0 Å². The zero-order valence-electron chi connectivity index (χ0n) is 12.8. The Balaban J connectivity index is 1.91. The predicted octanol–water partition coefficient (Wildman–Crippen LogP) is 3.89. The molecule has 2 unspecified atom stereocenters. The van der Waals surface area contributed by atoms with Gasteiger partial charge in [-0.1, -0.05) is 6.42 Å². The summed E-state index contributed by atoms with van der Waals surface area (Å²) in [4.78, 5) is 0. The Kier molecular flexibility index (Phi) is 5.40. The van der Waals surface area contributed by atoms with E-state index in [1.54, 1.807) is 0 Å². The lowest BCUT2D eigenvalue weighted by atomic mass is 9.95. The Morgan fingerprint density at radius 1 is 1.37 bits per heavy atom. The summed E-state index contributed by atoms with van der Waals surface area (Å²) in [5, 5.41) is 4.65. The summed E-state index contributed by atoms with van der Waals surface area (Å²) in [6.45, 7) is 8.80. The van der Waals surface area contributed by atoms with Gasteiger partial charge in [0.1, 0.15) is 0 Å². The highest BCUT2D eigenvalue weighted by Crippen LogP contribution is 2.27. The van der Waals surface area contributed by atoms with Gasteiger partial charge in [0.2, 0.25) is 0 Å². The quantitative estimate of drug-likeness (QED) is 0.881. The number of nitrogens with zero attached hydrogens (tertiary/aromatic N) is 1. The molecule has 1 aliphatic rings. The van der Waals surface area contributed by atoms with E-state index in [9.17, 15) is 0 Å². The zero-order valence-corrected chi connectivity index (χ0v) is 13.6. The summed E-state index contributed by atoms with van der Waals surface area (Å²) in [6, 6.07) is 3.07. The van der Waals surface area contributed by atoms with Gasteiger partial charge in [-0.05, 0) is 57.9 Å². The second kappa shape index (κ2) is 6.85. The predicted molar refractivity (Wildman–Crippen MR) is 86.0 cm³/mol. The normalized spacial score (nSPS) is 23.8. The molecule has 0 radical (unpaired) electrons. The smallest absolute Gasteiger partial charge is 0.0225 e. The van der Waals surface area contributed by atoms with E-state index in [4.69, 9.17) is 0 Å². The zero-order chi connectivity index (χ0) is 13.8. The Morgan fingerprint density at radius 3 is 2.79 bits per heavy atom. The Morgan fingerprint density at radius 2 is 2.16 bits per heavy atom. The van der Waals surface area contributed by atoms with Crippen LogP contribution in [0.1, 0.15) is 49.6 Å². The molecule has 1 heterocycles. The summed E-state index contributed by atoms with van der Waals surface area (Å²) >= 11 is 2.04. The minimum atomic E-state index is 0.718. The number of aromatic nitrogens is 1. The third-order valence-corrected chi connectivity index (χ3v) is 5.63. The molecule has 0 saturated heterocycles. The first-order valence-electron chi connectivity index (χ1n) is 7.57. The number of rotatable bonds is 5. The SMILES string of the molecule is CCn1c(C)cc(CNC2CCCC(SC)C2)c1C. The molecule has 1 N–H and O–H groups in total. The first-order valence-corrected chi connectivity index (χ1v) is 8.86. The maximum Gasteiger partial charge on any atom is 0.0225 e. The molecule has 1 fully saturated rings. The second-order valence-corrected chi connectivity index (χ2v) is 6.88. The third-order valence-electron chi connectivity index (χ3n) is 4.54. The van der Waals surface area contributed by atoms with Gasteiger partial charge in [0.25, 0.3) is 0 Å². The number of nitrogens with one attached hydrogen (secondary N) is 1. The highest BCUT2D eigenvalue weighted by atomic mass is 32.2. The van der Waals surface area contributed by atoms with Gasteiger partial charge in [0.15, 0.2) is 0 Å². The molecule has 2 rings (SSSR count). The van der Waals surface area contributed by atoms with E-state index in [0.717, 1.165) is 24.4 Å². The molecule has 2 atom stereocenters. The fraction of sp³-hybridized carbons (Fsp3) is 0.750. The molecule has 0 aromatic carbocycles. The monoisotopic (exact) mass is 280 g/mol. The van der Waals surface area contributed by atoms with Crippen LogP contribution < -0.4 is 5.32 Å². The lowest BCUT2D eigenvalue weighted by molar-refractivity contribution is 0.379. The molecule has 1 aromatic heterocycles. The molecule has 1 saturated carbocycles. The average Bonchev–Trinajstić information content (AvgIpc) is 2.71. The molecule has 108 valence electrons. The maximum atomic E-state index is 3.78. The van der Waals surface area contributed by atoms with Crippen molar-refractivity contribution in [3.05, 3.63) is 23.0 Å². The van der Waals surface area contributed by atoms with E-state index in [0.29, 0.717) is 0 Å². The van der Waals surface area contributed by atoms with E-state index >= 15 is 0 Å². The van der Waals surface area contributed by atoms with Gasteiger partial charge >= 0.3 is 0 Å². The largest absolute Gasteiger partial charge is 0.349 e. The van der Waals surface area contributed by atoms with Crippen LogP contribution in [0, 0.1) is 13.8 Å². The standard InChI is InChI=1S/C16H28N2S/c1-5-18-12(2)9-14(13(18)3)11-17-15-7-6-8-16(10-15)19-4/h9,15-17H,5-8,10-11H2,1-4H3. The maximum absolute atomic E-state index is 3.78. The minimum absolute atomic E-state index is 0.718. The van der Waals surface area contributed by atoms with Gasteiger partial charge in [-0.2, -0.15) is 11.8 Å². The van der Waals surface area contributed by atoms with Crippen molar-refractivity contribution in [2.24, 2.45) is 0 Å². The summed E-state index contributed by atoms with van der Waals surface area (Å²) in [5.41, 5.74) is 4.30. The van der Waals surface area contributed by atoms with Gasteiger partial charge in [0, 0.05) is 35.8 Å². The van der Waals surface area contributed by atoms with Crippen LogP contribution in [0.4, 0.5) is 0 Å². The second-order valence-electron chi connectivity index (χ2n) is 5.74. The molecule has 2 nitrogen and oxygen atoms in total. The first-order chi connectivity index (χ1) is 9.15. The van der Waals surface area contributed by atoms with Gasteiger partial charge in [-0.25, -0.2) is 0 Å². The summed E-state index contributed by atoms with van der Waals surface area (Å²) < 4.78 is 2.41. The fourth-order valence-corrected chi connectivity index (χ4v) is 4.16. The highest BCUT2D eigenvalue weighted by molar-refractivity contribution is 7.99. The third kappa shape index (κ3) is 3.57. The lowest BCUT2D eigenvalue weighted by Crippen LogP contribution is -2.34. The molecule has 3 heteroatoms. The van der Waals surface area contributed by atoms with E-state index in [1.807, 2.05) is 11.8 Å². The van der Waals surface area contributed by atoms with Crippen molar-refractivity contribution in [2.75, 3.05) is 6.26 Å². The molecule has 0 spiro atoms. The van der Waals surface area contributed by atoms with Crippen molar-refractivity contribution in [2.45, 2.75) is 70.8 Å². The molecule has 0 aliphatic heterocycles. The minimum Gasteiger partial charge on any atom is -0.349 e. The Hall–Kier alpha value is -0.410. The molecular formula is C16H28N2S. The molecule has 0 amide bonds. The molecule has 0 bridgehead atoms. The average molecular weight is 280 g/mol. The van der Waals surface area contributed by atoms with Crippen LogP contribution in [0.5, 0.6) is 0 Å². The topological polar surface area (TPSA) is 17.0 Å². The Labute approximate surface area is 122 Å². The van der Waals surface area contributed by atoms with Crippen LogP contribution in [-0.4, -0.2) is 22.1 Å². The van der Waals surface area contributed by atoms with E-state index < -0.39 is 0 Å². The van der Waals surface area contributed by atoms with Crippen molar-refractivity contribution in [3.8, 4) is 0 Å². The van der Waals surface area contributed by atoms with Crippen molar-refractivity contribution in [3.63, 3.8) is 0 Å². The summed E-state index contributed by atoms with van der Waals surface area (Å²) in [5.74, 6) is 0. The van der Waals surface area contributed by atoms with Crippen molar-refractivity contribution < 1.29 is 0 Å². The lowest BCUT2D eigenvalue weighted by Gasteiger charge is -2.28. The van der Waals surface area contributed by atoms with Crippen LogP contribution in [-0.2, 0) is 13.1 Å². The van der Waals surface area contributed by atoms with Crippen LogP contribution in [0.2, 0.25) is 0 Å². The van der Waals surface area contributed by atoms with E-state index in [1.165, 1.54) is 42.6 Å². The number of thioether (sulfide) groups is 1. The van der Waals surface area contributed by atoms with Crippen molar-refractivity contribution in [1.82, 2.24) is 9.88 Å². The molecular weight excluding hydrogens is 252 g/mol. The number of hydrogen-bond donors (Lipinski definition) is 1. The summed E-state index contributed by atoms with van der Waals surface area (Å²) in [6.07, 6.45) is 7.74. The van der Waals surface area contributed by atoms with E-state index in [2.05, 4.69) is 43.0 Å². The van der Waals surface area contributed by atoms with Gasteiger partial charge in [0.05, 0.1) is 0 Å². The Bertz CT molecular complexity index is 411. The number of aryl methyl sites for hydroxylation is 1. The first kappa shape index (κ1) is 15.0. The molecule has 19 heavy (non-hydrogen) atoms. The van der Waals surface area contributed by atoms with Crippen LogP contribution in [0.15, 0.2) is 6.07 Å². The molecule has 1 aliphatic carbocycles. The van der Waals surface area contributed by atoms with Crippen molar-refractivity contribution in [1.29, 1.82) is 0 Å². The number of hydrogen-bond acceptors (Lipinski definition) is 2. The molecule has 1 aromatic rings. The van der Waals surface area contributed by atoms with Gasteiger partial charge in [-0.3, -0.25) is 0 Å². The highest BCUT2D eigenvalue weighted by Gasteiger charge is 2.21. The van der Waals surface area contributed by atoms with Gasteiger partial charge < -0.3 is 9.88 Å². The summed E-state index contributed by atoms with van der Waals surface area (Å²) in [7, 11) is 0. The van der Waals surface area contributed by atoms with Crippen molar-refractivity contribution >= 4 is 11.8 Å². The van der Waals surface area contributed by atoms with E-state index in [-0.39, 0.29) is 0 Å². The fourth-order valence-electron chi connectivity index (χ4n) is 3.34. The van der Waals surface area contributed by atoms with Crippen LogP contribution in [0.3, 0.4) is 0 Å². The van der Waals surface area contributed by atoms with Gasteiger partial charge in [-0.15, -0.1) is 0 Å².